The summed E-state index contributed by atoms with van der Waals surface area (Å²) in [7, 11) is 1.60. The van der Waals surface area contributed by atoms with Crippen molar-refractivity contribution >= 4 is 11.6 Å². The van der Waals surface area contributed by atoms with Gasteiger partial charge in [0, 0.05) is 0 Å². The largest absolute Gasteiger partial charge is 0.497 e. The van der Waals surface area contributed by atoms with E-state index in [1.165, 1.54) is 0 Å². The molecular weight excluding hydrogens is 224 g/mol. The van der Waals surface area contributed by atoms with Gasteiger partial charge in [-0.25, -0.2) is 0 Å². The van der Waals surface area contributed by atoms with E-state index in [2.05, 4.69) is 6.92 Å². The summed E-state index contributed by atoms with van der Waals surface area (Å²) in [6.07, 6.45) is 1.55. The van der Waals surface area contributed by atoms with Crippen molar-refractivity contribution in [2.24, 2.45) is 5.92 Å². The molecule has 0 fully saturated rings. The van der Waals surface area contributed by atoms with Gasteiger partial charge in [0.2, 0.25) is 0 Å². The van der Waals surface area contributed by atoms with Crippen LogP contribution in [0.2, 0.25) is 5.02 Å². The van der Waals surface area contributed by atoms with Crippen LogP contribution in [0.5, 0.6) is 5.75 Å². The highest BCUT2D eigenvalue weighted by atomic mass is 35.5. The fraction of sp³-hybridized carbons (Fsp3) is 0.538. The molecule has 3 heteroatoms. The van der Waals surface area contributed by atoms with E-state index in [1.807, 2.05) is 19.1 Å². The zero-order chi connectivity index (χ0) is 12.1. The van der Waals surface area contributed by atoms with E-state index in [0.29, 0.717) is 10.8 Å². The summed E-state index contributed by atoms with van der Waals surface area (Å²) in [4.78, 5) is 0. The quantitative estimate of drug-likeness (QED) is 0.851. The molecule has 90 valence electrons. The van der Waals surface area contributed by atoms with Gasteiger partial charge < -0.3 is 9.84 Å². The molecule has 0 saturated heterocycles. The number of rotatable bonds is 5. The number of aliphatic hydroxyl groups is 1. The summed E-state index contributed by atoms with van der Waals surface area (Å²) in [6, 6.07) is 5.39. The molecule has 1 rings (SSSR count). The second-order valence-electron chi connectivity index (χ2n) is 4.10. The van der Waals surface area contributed by atoms with Gasteiger partial charge in [-0.3, -0.25) is 0 Å². The van der Waals surface area contributed by atoms with Gasteiger partial charge in [-0.2, -0.15) is 0 Å². The number of benzene rings is 1. The normalized spacial score (nSPS) is 14.6. The third-order valence-electron chi connectivity index (χ3n) is 2.81. The van der Waals surface area contributed by atoms with Crippen molar-refractivity contribution in [3.8, 4) is 5.75 Å². The number of hydrogen-bond acceptors (Lipinski definition) is 2. The molecule has 0 aliphatic rings. The van der Waals surface area contributed by atoms with Crippen LogP contribution >= 0.6 is 11.6 Å². The van der Waals surface area contributed by atoms with Gasteiger partial charge in [-0.1, -0.05) is 37.9 Å². The summed E-state index contributed by atoms with van der Waals surface area (Å²) in [5.74, 6) is 0.931. The summed E-state index contributed by atoms with van der Waals surface area (Å²) in [6.45, 7) is 4.15. The van der Waals surface area contributed by atoms with Gasteiger partial charge in [0.15, 0.2) is 0 Å². The van der Waals surface area contributed by atoms with Crippen LogP contribution in [0.4, 0.5) is 0 Å². The molecule has 0 aliphatic carbocycles. The Labute approximate surface area is 102 Å². The van der Waals surface area contributed by atoms with E-state index in [-0.39, 0.29) is 5.92 Å². The molecule has 2 nitrogen and oxygen atoms in total. The maximum Gasteiger partial charge on any atom is 0.120 e. The standard InChI is InChI=1S/C13H19ClO2/c1-4-5-9(2)13(15)11-7-6-10(16-3)8-12(11)14/h6-9,13,15H,4-5H2,1-3H3. The predicted molar refractivity (Wildman–Crippen MR) is 67.0 cm³/mol. The molecule has 2 atom stereocenters. The zero-order valence-corrected chi connectivity index (χ0v) is 10.8. The highest BCUT2D eigenvalue weighted by Crippen LogP contribution is 2.32. The Kier molecular flexibility index (Phi) is 5.10. The first-order valence-electron chi connectivity index (χ1n) is 5.61. The minimum atomic E-state index is -0.502. The first-order valence-corrected chi connectivity index (χ1v) is 5.99. The molecule has 1 aromatic carbocycles. The zero-order valence-electron chi connectivity index (χ0n) is 10.0. The summed E-state index contributed by atoms with van der Waals surface area (Å²) < 4.78 is 5.07. The van der Waals surface area contributed by atoms with Crippen molar-refractivity contribution in [3.05, 3.63) is 28.8 Å². The van der Waals surface area contributed by atoms with Crippen LogP contribution in [0.25, 0.3) is 0 Å². The van der Waals surface area contributed by atoms with E-state index < -0.39 is 6.10 Å². The summed E-state index contributed by atoms with van der Waals surface area (Å²) in [5.41, 5.74) is 0.781. The monoisotopic (exact) mass is 242 g/mol. The van der Waals surface area contributed by atoms with Gasteiger partial charge >= 0.3 is 0 Å². The number of hydrogen-bond donors (Lipinski definition) is 1. The van der Waals surface area contributed by atoms with Crippen molar-refractivity contribution in [3.63, 3.8) is 0 Å². The van der Waals surface area contributed by atoms with E-state index in [0.717, 1.165) is 18.4 Å². The van der Waals surface area contributed by atoms with Crippen LogP contribution in [-0.4, -0.2) is 12.2 Å². The molecular formula is C13H19ClO2. The first-order chi connectivity index (χ1) is 7.60. The number of halogens is 1. The highest BCUT2D eigenvalue weighted by molar-refractivity contribution is 6.31. The minimum absolute atomic E-state index is 0.218. The van der Waals surface area contributed by atoms with Crippen molar-refractivity contribution in [2.45, 2.75) is 32.8 Å². The smallest absolute Gasteiger partial charge is 0.120 e. The number of methoxy groups -OCH3 is 1. The van der Waals surface area contributed by atoms with Crippen LogP contribution in [0.1, 0.15) is 38.4 Å². The number of aliphatic hydroxyl groups excluding tert-OH is 1. The van der Waals surface area contributed by atoms with Crippen molar-refractivity contribution in [2.75, 3.05) is 7.11 Å². The second kappa shape index (κ2) is 6.12. The Morgan fingerprint density at radius 2 is 2.12 bits per heavy atom. The lowest BCUT2D eigenvalue weighted by molar-refractivity contribution is 0.112. The third-order valence-corrected chi connectivity index (χ3v) is 3.14. The average Bonchev–Trinajstić information content (AvgIpc) is 2.28. The molecule has 2 unspecified atom stereocenters. The topological polar surface area (TPSA) is 29.5 Å². The van der Waals surface area contributed by atoms with Gasteiger partial charge in [0.05, 0.1) is 18.2 Å². The average molecular weight is 243 g/mol. The maximum absolute atomic E-state index is 10.1. The molecule has 0 amide bonds. The SMILES string of the molecule is CCCC(C)C(O)c1ccc(OC)cc1Cl. The van der Waals surface area contributed by atoms with Gasteiger partial charge in [0.1, 0.15) is 5.75 Å². The van der Waals surface area contributed by atoms with Crippen LogP contribution in [-0.2, 0) is 0 Å². The van der Waals surface area contributed by atoms with Crippen molar-refractivity contribution in [1.29, 1.82) is 0 Å². The van der Waals surface area contributed by atoms with Crippen LogP contribution < -0.4 is 4.74 Å². The first kappa shape index (κ1) is 13.3. The second-order valence-corrected chi connectivity index (χ2v) is 4.51. The van der Waals surface area contributed by atoms with Crippen molar-refractivity contribution < 1.29 is 9.84 Å². The minimum Gasteiger partial charge on any atom is -0.497 e. The fourth-order valence-electron chi connectivity index (χ4n) is 1.79. The highest BCUT2D eigenvalue weighted by Gasteiger charge is 2.18. The lowest BCUT2D eigenvalue weighted by Gasteiger charge is -2.20. The van der Waals surface area contributed by atoms with Gasteiger partial charge in [-0.05, 0) is 30.0 Å². The number of ether oxygens (including phenoxy) is 1. The Morgan fingerprint density at radius 1 is 1.44 bits per heavy atom. The Balaban J connectivity index is 2.87. The summed E-state index contributed by atoms with van der Waals surface area (Å²) >= 11 is 6.11. The molecule has 16 heavy (non-hydrogen) atoms. The summed E-state index contributed by atoms with van der Waals surface area (Å²) in [5, 5.41) is 10.7. The predicted octanol–water partition coefficient (Wildman–Crippen LogP) is 3.82. The molecule has 0 saturated carbocycles. The fourth-order valence-corrected chi connectivity index (χ4v) is 2.08. The van der Waals surface area contributed by atoms with E-state index in [1.54, 1.807) is 13.2 Å². The van der Waals surface area contributed by atoms with E-state index in [4.69, 9.17) is 16.3 Å². The Bertz CT molecular complexity index is 339. The maximum atomic E-state index is 10.1. The molecule has 1 N–H and O–H groups in total. The molecule has 0 bridgehead atoms. The van der Waals surface area contributed by atoms with Crippen LogP contribution in [0.15, 0.2) is 18.2 Å². The third kappa shape index (κ3) is 3.13. The lowest BCUT2D eigenvalue weighted by Crippen LogP contribution is -2.09. The van der Waals surface area contributed by atoms with Gasteiger partial charge in [-0.15, -0.1) is 0 Å². The Morgan fingerprint density at radius 3 is 2.62 bits per heavy atom. The van der Waals surface area contributed by atoms with Crippen molar-refractivity contribution in [1.82, 2.24) is 0 Å². The van der Waals surface area contributed by atoms with Crippen LogP contribution in [0.3, 0.4) is 0 Å². The van der Waals surface area contributed by atoms with Crippen LogP contribution in [0, 0.1) is 5.92 Å². The molecule has 0 radical (unpaired) electrons. The Hall–Kier alpha value is -0.730. The molecule has 0 heterocycles. The van der Waals surface area contributed by atoms with E-state index in [9.17, 15) is 5.11 Å². The van der Waals surface area contributed by atoms with E-state index >= 15 is 0 Å². The molecule has 1 aromatic rings. The molecule has 0 spiro atoms. The lowest BCUT2D eigenvalue weighted by atomic mass is 9.93. The molecule has 0 aliphatic heterocycles. The molecule has 0 aromatic heterocycles. The van der Waals surface area contributed by atoms with Gasteiger partial charge in [0.25, 0.3) is 0 Å².